The van der Waals surface area contributed by atoms with Crippen molar-refractivity contribution in [2.45, 2.75) is 26.8 Å². The van der Waals surface area contributed by atoms with Gasteiger partial charge in [0.1, 0.15) is 6.04 Å². The Morgan fingerprint density at radius 2 is 1.40 bits per heavy atom. The number of benzene rings is 2. The van der Waals surface area contributed by atoms with Gasteiger partial charge in [0.15, 0.2) is 0 Å². The van der Waals surface area contributed by atoms with Crippen LogP contribution in [0.5, 0.6) is 0 Å². The summed E-state index contributed by atoms with van der Waals surface area (Å²) in [4.78, 5) is 24.8. The van der Waals surface area contributed by atoms with Crippen molar-refractivity contribution < 1.29 is 9.59 Å². The molecule has 0 aliphatic carbocycles. The van der Waals surface area contributed by atoms with Crippen molar-refractivity contribution in [1.82, 2.24) is 10.7 Å². The maximum absolute atomic E-state index is 12.5. The van der Waals surface area contributed by atoms with Gasteiger partial charge in [-0.1, -0.05) is 62.4 Å². The van der Waals surface area contributed by atoms with Crippen molar-refractivity contribution in [3.05, 3.63) is 71.8 Å². The van der Waals surface area contributed by atoms with E-state index in [2.05, 4.69) is 15.8 Å². The number of nitrogens with one attached hydrogen (secondary N) is 2. The van der Waals surface area contributed by atoms with Crippen molar-refractivity contribution in [2.24, 2.45) is 11.0 Å². The zero-order valence-corrected chi connectivity index (χ0v) is 14.7. The monoisotopic (exact) mass is 337 g/mol. The number of carbonyl (C=O) groups is 2. The SMILES string of the molecule is CC(=NNC(=O)[C@@H](NC(=O)c1ccccc1)C(C)C)c1ccccc1. The second-order valence-electron chi connectivity index (χ2n) is 6.10. The predicted octanol–water partition coefficient (Wildman–Crippen LogP) is 2.98. The molecule has 0 heterocycles. The summed E-state index contributed by atoms with van der Waals surface area (Å²) >= 11 is 0. The van der Waals surface area contributed by atoms with Crippen molar-refractivity contribution in [3.8, 4) is 0 Å². The van der Waals surface area contributed by atoms with E-state index >= 15 is 0 Å². The average molecular weight is 337 g/mol. The van der Waals surface area contributed by atoms with Gasteiger partial charge in [-0.15, -0.1) is 0 Å². The summed E-state index contributed by atoms with van der Waals surface area (Å²) in [6, 6.07) is 17.7. The van der Waals surface area contributed by atoms with Crippen LogP contribution >= 0.6 is 0 Å². The lowest BCUT2D eigenvalue weighted by molar-refractivity contribution is -0.123. The van der Waals surface area contributed by atoms with E-state index in [1.54, 1.807) is 24.3 Å². The molecular weight excluding hydrogens is 314 g/mol. The van der Waals surface area contributed by atoms with Gasteiger partial charge in [0.05, 0.1) is 5.71 Å². The van der Waals surface area contributed by atoms with E-state index in [9.17, 15) is 9.59 Å². The fraction of sp³-hybridized carbons (Fsp3) is 0.250. The van der Waals surface area contributed by atoms with Crippen LogP contribution in [-0.4, -0.2) is 23.6 Å². The minimum Gasteiger partial charge on any atom is -0.340 e. The zero-order chi connectivity index (χ0) is 18.2. The van der Waals surface area contributed by atoms with Crippen LogP contribution in [0, 0.1) is 5.92 Å². The fourth-order valence-electron chi connectivity index (χ4n) is 2.30. The number of carbonyl (C=O) groups excluding carboxylic acids is 2. The molecule has 0 saturated heterocycles. The highest BCUT2D eigenvalue weighted by atomic mass is 16.2. The molecular formula is C20H23N3O2. The smallest absolute Gasteiger partial charge is 0.262 e. The Labute approximate surface area is 148 Å². The quantitative estimate of drug-likeness (QED) is 0.628. The molecule has 25 heavy (non-hydrogen) atoms. The molecule has 2 amide bonds. The van der Waals surface area contributed by atoms with E-state index in [1.165, 1.54) is 0 Å². The zero-order valence-electron chi connectivity index (χ0n) is 14.7. The van der Waals surface area contributed by atoms with Crippen molar-refractivity contribution in [2.75, 3.05) is 0 Å². The summed E-state index contributed by atoms with van der Waals surface area (Å²) in [5.74, 6) is -0.687. The largest absolute Gasteiger partial charge is 0.340 e. The van der Waals surface area contributed by atoms with Gasteiger partial charge < -0.3 is 5.32 Å². The molecule has 5 heteroatoms. The molecule has 0 fully saturated rings. The number of hydrazone groups is 1. The predicted molar refractivity (Wildman–Crippen MR) is 99.3 cm³/mol. The van der Waals surface area contributed by atoms with Crippen LogP contribution in [0.2, 0.25) is 0 Å². The highest BCUT2D eigenvalue weighted by Crippen LogP contribution is 2.06. The van der Waals surface area contributed by atoms with Crippen molar-refractivity contribution >= 4 is 17.5 Å². The van der Waals surface area contributed by atoms with Crippen LogP contribution in [0.25, 0.3) is 0 Å². The molecule has 2 aromatic rings. The Bertz CT molecular complexity index is 740. The first-order valence-electron chi connectivity index (χ1n) is 8.24. The lowest BCUT2D eigenvalue weighted by Crippen LogP contribution is -2.48. The Balaban J connectivity index is 2.04. The first-order chi connectivity index (χ1) is 12.0. The van der Waals surface area contributed by atoms with Crippen molar-refractivity contribution in [3.63, 3.8) is 0 Å². The molecule has 0 aromatic heterocycles. The molecule has 130 valence electrons. The number of hydrogen-bond donors (Lipinski definition) is 2. The highest BCUT2D eigenvalue weighted by Gasteiger charge is 2.24. The van der Waals surface area contributed by atoms with Crippen LogP contribution < -0.4 is 10.7 Å². The summed E-state index contributed by atoms with van der Waals surface area (Å²) < 4.78 is 0. The maximum Gasteiger partial charge on any atom is 0.262 e. The first kappa shape index (κ1) is 18.4. The van der Waals surface area contributed by atoms with E-state index in [0.717, 1.165) is 5.56 Å². The Kier molecular flexibility index (Phi) is 6.46. The van der Waals surface area contributed by atoms with Gasteiger partial charge in [-0.2, -0.15) is 5.10 Å². The minimum atomic E-state index is -0.667. The van der Waals surface area contributed by atoms with E-state index < -0.39 is 6.04 Å². The molecule has 2 aromatic carbocycles. The third-order valence-corrected chi connectivity index (χ3v) is 3.80. The molecule has 2 N–H and O–H groups in total. The highest BCUT2D eigenvalue weighted by molar-refractivity contribution is 6.00. The van der Waals surface area contributed by atoms with Crippen LogP contribution in [0.4, 0.5) is 0 Å². The number of rotatable bonds is 6. The van der Waals surface area contributed by atoms with Crippen LogP contribution in [0.1, 0.15) is 36.7 Å². The second kappa shape index (κ2) is 8.78. The lowest BCUT2D eigenvalue weighted by Gasteiger charge is -2.20. The van der Waals surface area contributed by atoms with Gasteiger partial charge in [-0.25, -0.2) is 5.43 Å². The molecule has 0 aliphatic rings. The van der Waals surface area contributed by atoms with Crippen LogP contribution in [-0.2, 0) is 4.79 Å². The molecule has 5 nitrogen and oxygen atoms in total. The summed E-state index contributed by atoms with van der Waals surface area (Å²) in [7, 11) is 0. The van der Waals surface area contributed by atoms with Gasteiger partial charge in [-0.05, 0) is 30.5 Å². The second-order valence-corrected chi connectivity index (χ2v) is 6.10. The molecule has 0 spiro atoms. The number of hydrogen-bond acceptors (Lipinski definition) is 3. The van der Waals surface area contributed by atoms with Gasteiger partial charge in [0.2, 0.25) is 0 Å². The molecule has 0 unspecified atom stereocenters. The molecule has 1 atom stereocenters. The van der Waals surface area contributed by atoms with Gasteiger partial charge >= 0.3 is 0 Å². The van der Waals surface area contributed by atoms with E-state index in [-0.39, 0.29) is 17.7 Å². The standard InChI is InChI=1S/C20H23N3O2/c1-14(2)18(21-19(24)17-12-8-5-9-13-17)20(25)23-22-15(3)16-10-6-4-7-11-16/h4-14,18H,1-3H3,(H,21,24)(H,23,25)/t18-/m0/s1. The third kappa shape index (κ3) is 5.28. The molecule has 0 bridgehead atoms. The van der Waals surface area contributed by atoms with E-state index in [0.29, 0.717) is 11.3 Å². The summed E-state index contributed by atoms with van der Waals surface area (Å²) in [5.41, 5.74) is 4.70. The van der Waals surface area contributed by atoms with Crippen molar-refractivity contribution in [1.29, 1.82) is 0 Å². The summed E-state index contributed by atoms with van der Waals surface area (Å²) in [5, 5.41) is 6.92. The number of nitrogens with zero attached hydrogens (tertiary/aromatic N) is 1. The molecule has 0 radical (unpaired) electrons. The molecule has 2 rings (SSSR count). The van der Waals surface area contributed by atoms with E-state index in [4.69, 9.17) is 0 Å². The molecule has 0 saturated carbocycles. The fourth-order valence-corrected chi connectivity index (χ4v) is 2.30. The maximum atomic E-state index is 12.5. The van der Waals surface area contributed by atoms with Crippen LogP contribution in [0.15, 0.2) is 65.8 Å². The first-order valence-corrected chi connectivity index (χ1v) is 8.24. The van der Waals surface area contributed by atoms with Crippen LogP contribution in [0.3, 0.4) is 0 Å². The summed E-state index contributed by atoms with van der Waals surface area (Å²) in [6.45, 7) is 5.58. The third-order valence-electron chi connectivity index (χ3n) is 3.80. The van der Waals surface area contributed by atoms with Gasteiger partial charge in [0.25, 0.3) is 11.8 Å². The Morgan fingerprint density at radius 3 is 1.92 bits per heavy atom. The average Bonchev–Trinajstić information content (AvgIpc) is 2.64. The minimum absolute atomic E-state index is 0.0695. The normalized spacial score (nSPS) is 12.6. The Hall–Kier alpha value is -2.95. The lowest BCUT2D eigenvalue weighted by atomic mass is 10.0. The Morgan fingerprint density at radius 1 is 0.880 bits per heavy atom. The topological polar surface area (TPSA) is 70.6 Å². The number of amides is 2. The summed E-state index contributed by atoms with van der Waals surface area (Å²) in [6.07, 6.45) is 0. The van der Waals surface area contributed by atoms with Gasteiger partial charge in [0, 0.05) is 5.56 Å². The van der Waals surface area contributed by atoms with E-state index in [1.807, 2.05) is 57.2 Å². The molecule has 0 aliphatic heterocycles. The van der Waals surface area contributed by atoms with Gasteiger partial charge in [-0.3, -0.25) is 9.59 Å².